The topological polar surface area (TPSA) is 18.5 Å². The SMILES string of the molecule is CO[Si](C)(C)O[Si](C)(C)CSC. The van der Waals surface area contributed by atoms with Crippen molar-refractivity contribution in [3.8, 4) is 0 Å². The second kappa shape index (κ2) is 4.81. The van der Waals surface area contributed by atoms with E-state index >= 15 is 0 Å². The zero-order valence-corrected chi connectivity index (χ0v) is 11.7. The van der Waals surface area contributed by atoms with Crippen LogP contribution in [0.3, 0.4) is 0 Å². The van der Waals surface area contributed by atoms with E-state index in [1.54, 1.807) is 7.11 Å². The number of hydrogen-bond donors (Lipinski definition) is 0. The van der Waals surface area contributed by atoms with Crippen molar-refractivity contribution in [1.82, 2.24) is 0 Å². The summed E-state index contributed by atoms with van der Waals surface area (Å²) in [5, 5.41) is 1.15. The van der Waals surface area contributed by atoms with Gasteiger partial charge < -0.3 is 8.54 Å². The molecule has 0 unspecified atom stereocenters. The van der Waals surface area contributed by atoms with Crippen molar-refractivity contribution in [3.05, 3.63) is 0 Å². The summed E-state index contributed by atoms with van der Waals surface area (Å²) in [7, 11) is -1.52. The maximum Gasteiger partial charge on any atom is 0.321 e. The molecule has 0 aromatic rings. The highest BCUT2D eigenvalue weighted by Crippen LogP contribution is 2.17. The predicted molar refractivity (Wildman–Crippen MR) is 61.4 cm³/mol. The Morgan fingerprint density at radius 2 is 1.67 bits per heavy atom. The fourth-order valence-corrected chi connectivity index (χ4v) is 10.3. The summed E-state index contributed by atoms with van der Waals surface area (Å²) in [6.45, 7) is 8.69. The Morgan fingerprint density at radius 3 is 2.00 bits per heavy atom. The minimum Gasteiger partial charge on any atom is -0.435 e. The van der Waals surface area contributed by atoms with Crippen LogP contribution >= 0.6 is 11.8 Å². The summed E-state index contributed by atoms with van der Waals surface area (Å²) < 4.78 is 11.4. The normalized spacial score (nSPS) is 13.5. The molecule has 0 aliphatic rings. The maximum absolute atomic E-state index is 6.05. The third-order valence-corrected chi connectivity index (χ3v) is 10.6. The highest BCUT2D eigenvalue weighted by molar-refractivity contribution is 8.00. The van der Waals surface area contributed by atoms with Gasteiger partial charge >= 0.3 is 8.56 Å². The van der Waals surface area contributed by atoms with Gasteiger partial charge in [-0.05, 0) is 32.4 Å². The molecule has 0 aromatic heterocycles. The summed E-state index contributed by atoms with van der Waals surface area (Å²) in [4.78, 5) is 0. The van der Waals surface area contributed by atoms with Gasteiger partial charge in [-0.2, -0.15) is 11.8 Å². The quantitative estimate of drug-likeness (QED) is 0.669. The molecule has 0 amide bonds. The number of hydrogen-bond acceptors (Lipinski definition) is 3. The van der Waals surface area contributed by atoms with E-state index in [-0.39, 0.29) is 0 Å². The molecule has 0 spiro atoms. The fourth-order valence-electron chi connectivity index (χ4n) is 1.08. The molecule has 0 aliphatic carbocycles. The van der Waals surface area contributed by atoms with E-state index in [1.165, 1.54) is 0 Å². The Hall–Kier alpha value is 0.704. The molecule has 0 saturated heterocycles. The molecule has 0 aromatic carbocycles. The second-order valence-electron chi connectivity index (χ2n) is 3.90. The van der Waals surface area contributed by atoms with Crippen molar-refractivity contribution < 1.29 is 8.54 Å². The summed E-state index contributed by atoms with van der Waals surface area (Å²) in [6, 6.07) is 0. The van der Waals surface area contributed by atoms with E-state index in [0.29, 0.717) is 0 Å². The zero-order chi connectivity index (χ0) is 9.83. The van der Waals surface area contributed by atoms with Gasteiger partial charge in [-0.3, -0.25) is 0 Å². The Labute approximate surface area is 82.4 Å². The lowest BCUT2D eigenvalue weighted by Crippen LogP contribution is -2.47. The number of rotatable bonds is 5. The molecule has 74 valence electrons. The van der Waals surface area contributed by atoms with Gasteiger partial charge in [0.1, 0.15) is 0 Å². The van der Waals surface area contributed by atoms with Crippen molar-refractivity contribution in [2.24, 2.45) is 0 Å². The molecule has 0 radical (unpaired) electrons. The summed E-state index contributed by atoms with van der Waals surface area (Å²) >= 11 is 1.86. The first-order valence-corrected chi connectivity index (χ1v) is 11.4. The fraction of sp³-hybridized carbons (Fsp3) is 1.00. The molecule has 0 fully saturated rings. The molecule has 12 heavy (non-hydrogen) atoms. The minimum atomic E-state index is -1.80. The molecular formula is C7H20O2SSi2. The van der Waals surface area contributed by atoms with Crippen molar-refractivity contribution in [1.29, 1.82) is 0 Å². The van der Waals surface area contributed by atoms with Crippen LogP contribution in [0.5, 0.6) is 0 Å². The standard InChI is InChI=1S/C7H20O2SSi2/c1-8-12(5,6)9-11(3,4)7-10-2/h7H2,1-6H3. The van der Waals surface area contributed by atoms with Gasteiger partial charge in [0.05, 0.1) is 0 Å². The first kappa shape index (κ1) is 12.7. The van der Waals surface area contributed by atoms with E-state index in [9.17, 15) is 0 Å². The van der Waals surface area contributed by atoms with Gasteiger partial charge in [-0.1, -0.05) is 0 Å². The van der Waals surface area contributed by atoms with Gasteiger partial charge in [0.2, 0.25) is 0 Å². The van der Waals surface area contributed by atoms with Gasteiger partial charge in [-0.15, -0.1) is 0 Å². The van der Waals surface area contributed by atoms with Crippen LogP contribution in [0.2, 0.25) is 26.2 Å². The molecule has 5 heteroatoms. The van der Waals surface area contributed by atoms with Crippen LogP contribution in [-0.4, -0.2) is 35.6 Å². The van der Waals surface area contributed by atoms with Gasteiger partial charge in [0.25, 0.3) is 0 Å². The van der Waals surface area contributed by atoms with Crippen LogP contribution in [-0.2, 0) is 8.54 Å². The van der Waals surface area contributed by atoms with Crippen LogP contribution in [0.4, 0.5) is 0 Å². The molecule has 0 aliphatic heterocycles. The third kappa shape index (κ3) is 5.37. The Balaban J connectivity index is 4.04. The van der Waals surface area contributed by atoms with Crippen LogP contribution in [0.1, 0.15) is 0 Å². The first-order valence-electron chi connectivity index (χ1n) is 4.07. The van der Waals surface area contributed by atoms with Crippen molar-refractivity contribution >= 4 is 28.6 Å². The van der Waals surface area contributed by atoms with E-state index < -0.39 is 16.9 Å². The van der Waals surface area contributed by atoms with Crippen LogP contribution in [0.25, 0.3) is 0 Å². The summed E-state index contributed by atoms with van der Waals surface area (Å²) in [5.41, 5.74) is 0. The van der Waals surface area contributed by atoms with E-state index in [4.69, 9.17) is 8.54 Å². The van der Waals surface area contributed by atoms with Crippen LogP contribution < -0.4 is 0 Å². The highest BCUT2D eigenvalue weighted by Gasteiger charge is 2.33. The minimum absolute atomic E-state index is 1.15. The lowest BCUT2D eigenvalue weighted by Gasteiger charge is -2.31. The molecule has 2 nitrogen and oxygen atoms in total. The summed E-state index contributed by atoms with van der Waals surface area (Å²) in [6.07, 6.45) is 2.12. The zero-order valence-electron chi connectivity index (χ0n) is 8.93. The first-order chi connectivity index (χ1) is 5.33. The molecule has 0 saturated carbocycles. The Kier molecular flexibility index (Phi) is 5.09. The van der Waals surface area contributed by atoms with E-state index in [2.05, 4.69) is 32.4 Å². The second-order valence-corrected chi connectivity index (χ2v) is 13.2. The molecule has 0 N–H and O–H groups in total. The lowest BCUT2D eigenvalue weighted by molar-refractivity contribution is 0.311. The van der Waals surface area contributed by atoms with Crippen LogP contribution in [0, 0.1) is 0 Å². The van der Waals surface area contributed by atoms with Crippen LogP contribution in [0.15, 0.2) is 0 Å². The third-order valence-electron chi connectivity index (χ3n) is 1.51. The summed E-state index contributed by atoms with van der Waals surface area (Å²) in [5.74, 6) is 0. The maximum atomic E-state index is 6.05. The molecule has 0 rings (SSSR count). The van der Waals surface area contributed by atoms with Crippen molar-refractivity contribution in [2.75, 3.05) is 18.7 Å². The van der Waals surface area contributed by atoms with Crippen molar-refractivity contribution in [3.63, 3.8) is 0 Å². The monoisotopic (exact) mass is 224 g/mol. The van der Waals surface area contributed by atoms with Gasteiger partial charge in [0.15, 0.2) is 8.32 Å². The molecule has 0 bridgehead atoms. The predicted octanol–water partition coefficient (Wildman–Crippen LogP) is 2.46. The van der Waals surface area contributed by atoms with Crippen molar-refractivity contribution in [2.45, 2.75) is 26.2 Å². The Morgan fingerprint density at radius 1 is 1.17 bits per heavy atom. The Bertz CT molecular complexity index is 139. The smallest absolute Gasteiger partial charge is 0.321 e. The average Bonchev–Trinajstić information content (AvgIpc) is 1.85. The average molecular weight is 224 g/mol. The van der Waals surface area contributed by atoms with E-state index in [1.807, 2.05) is 11.8 Å². The largest absolute Gasteiger partial charge is 0.435 e. The highest BCUT2D eigenvalue weighted by atomic mass is 32.2. The molecular weight excluding hydrogens is 204 g/mol. The number of thioether (sulfide) groups is 1. The lowest BCUT2D eigenvalue weighted by atomic mass is 11.8. The van der Waals surface area contributed by atoms with Gasteiger partial charge in [-0.25, -0.2) is 0 Å². The van der Waals surface area contributed by atoms with E-state index in [0.717, 1.165) is 5.38 Å². The molecule has 0 heterocycles. The van der Waals surface area contributed by atoms with Gasteiger partial charge in [0, 0.05) is 12.5 Å². The molecule has 0 atom stereocenters.